The smallest absolute Gasteiger partial charge is 0.0391 e. The van der Waals surface area contributed by atoms with Gasteiger partial charge in [0.15, 0.2) is 0 Å². The van der Waals surface area contributed by atoms with Gasteiger partial charge in [0.25, 0.3) is 0 Å². The third kappa shape index (κ3) is 9.24. The van der Waals surface area contributed by atoms with Crippen molar-refractivity contribution >= 4 is 0 Å². The van der Waals surface area contributed by atoms with Crippen molar-refractivity contribution in [2.24, 2.45) is 23.7 Å². The summed E-state index contributed by atoms with van der Waals surface area (Å²) in [6.07, 6.45) is 2.90. The van der Waals surface area contributed by atoms with Gasteiger partial charge in [0.1, 0.15) is 0 Å². The van der Waals surface area contributed by atoms with Crippen molar-refractivity contribution in [2.45, 2.75) is 82.1 Å². The summed E-state index contributed by atoms with van der Waals surface area (Å²) in [5.41, 5.74) is 0. The summed E-state index contributed by atoms with van der Waals surface area (Å²) in [5.74, 6) is 3.84. The fourth-order valence-corrected chi connectivity index (χ4v) is 2.36. The summed E-state index contributed by atoms with van der Waals surface area (Å²) < 4.78 is 0. The lowest BCUT2D eigenvalue weighted by molar-refractivity contribution is 0.151. The van der Waals surface area contributed by atoms with Gasteiger partial charge < -0.3 is 0 Å². The first-order valence-corrected chi connectivity index (χ1v) is 7.61. The molecule has 16 heavy (non-hydrogen) atoms. The van der Waals surface area contributed by atoms with Crippen molar-refractivity contribution in [3.8, 4) is 0 Å². The van der Waals surface area contributed by atoms with E-state index in [0.717, 1.165) is 23.7 Å². The van der Waals surface area contributed by atoms with Crippen molar-refractivity contribution in [3.63, 3.8) is 0 Å². The monoisotopic (exact) mass is 230 g/mol. The minimum absolute atomic E-state index is 0.955. The third-order valence-corrected chi connectivity index (χ3v) is 3.34. The molecule has 0 spiro atoms. The molecular weight excluding hydrogens is 192 g/mol. The zero-order chi connectivity index (χ0) is 13.7. The van der Waals surface area contributed by atoms with Gasteiger partial charge in [-0.3, -0.25) is 0 Å². The summed E-state index contributed by atoms with van der Waals surface area (Å²) in [7, 11) is 0. The van der Waals surface area contributed by atoms with Crippen molar-refractivity contribution in [3.05, 3.63) is 0 Å². The molecule has 1 saturated carbocycles. The molecule has 2 unspecified atom stereocenters. The Labute approximate surface area is 106 Å². The fraction of sp³-hybridized carbons (Fsp3) is 1.00. The molecule has 0 amide bonds. The van der Waals surface area contributed by atoms with Crippen LogP contribution in [0.4, 0.5) is 0 Å². The van der Waals surface area contributed by atoms with Crippen LogP contribution in [0.25, 0.3) is 0 Å². The Bertz CT molecular complexity index is 94.6. The van der Waals surface area contributed by atoms with Gasteiger partial charge in [0.2, 0.25) is 0 Å². The molecule has 0 saturated heterocycles. The van der Waals surface area contributed by atoms with Crippen molar-refractivity contribution < 1.29 is 0 Å². The molecule has 0 aromatic heterocycles. The zero-order valence-corrected chi connectivity index (χ0v) is 13.7. The minimum Gasteiger partial charge on any atom is -0.0683 e. The number of hydrogen-bond donors (Lipinski definition) is 0. The van der Waals surface area contributed by atoms with Gasteiger partial charge in [-0.2, -0.15) is 0 Å². The predicted molar refractivity (Wildman–Crippen MR) is 79.9 cm³/mol. The van der Waals surface area contributed by atoms with Crippen LogP contribution < -0.4 is 0 Å². The summed E-state index contributed by atoms with van der Waals surface area (Å²) >= 11 is 0. The average molecular weight is 230 g/mol. The lowest BCUT2D eigenvalue weighted by atomic mass is 9.71. The second kappa shape index (κ2) is 15.0. The first-order chi connectivity index (χ1) is 7.61. The summed E-state index contributed by atoms with van der Waals surface area (Å²) in [6, 6.07) is 0. The van der Waals surface area contributed by atoms with Crippen molar-refractivity contribution in [1.82, 2.24) is 0 Å². The van der Waals surface area contributed by atoms with Gasteiger partial charge in [-0.05, 0) is 36.5 Å². The second-order valence-electron chi connectivity index (χ2n) is 4.39. The Morgan fingerprint density at radius 3 is 1.06 bits per heavy atom. The van der Waals surface area contributed by atoms with E-state index in [2.05, 4.69) is 27.7 Å². The van der Waals surface area contributed by atoms with Gasteiger partial charge in [-0.1, -0.05) is 69.2 Å². The first-order valence-electron chi connectivity index (χ1n) is 7.61. The van der Waals surface area contributed by atoms with E-state index in [0.29, 0.717) is 0 Å². The molecule has 1 aliphatic carbocycles. The lowest BCUT2D eigenvalue weighted by Crippen LogP contribution is -2.26. The van der Waals surface area contributed by atoms with Crippen LogP contribution in [-0.4, -0.2) is 0 Å². The second-order valence-corrected chi connectivity index (χ2v) is 4.39. The Balaban J connectivity index is -0.000000245. The van der Waals surface area contributed by atoms with E-state index in [9.17, 15) is 0 Å². The highest BCUT2D eigenvalue weighted by molar-refractivity contribution is 4.77. The van der Waals surface area contributed by atoms with E-state index in [-0.39, 0.29) is 0 Å². The van der Waals surface area contributed by atoms with Crippen LogP contribution in [0.1, 0.15) is 82.1 Å². The summed E-state index contributed by atoms with van der Waals surface area (Å²) in [5, 5.41) is 0. The van der Waals surface area contributed by atoms with Gasteiger partial charge in [-0.25, -0.2) is 0 Å². The molecule has 0 heterocycles. The molecule has 1 fully saturated rings. The molecule has 0 aromatic carbocycles. The summed E-state index contributed by atoms with van der Waals surface area (Å²) in [4.78, 5) is 0. The molecular formula is C16H38. The zero-order valence-electron chi connectivity index (χ0n) is 13.7. The van der Waals surface area contributed by atoms with Gasteiger partial charge in [-0.15, -0.1) is 0 Å². The molecule has 1 aliphatic rings. The van der Waals surface area contributed by atoms with Crippen molar-refractivity contribution in [2.75, 3.05) is 0 Å². The Hall–Kier alpha value is 0. The Kier molecular flexibility index (Phi) is 20.0. The van der Waals surface area contributed by atoms with E-state index in [4.69, 9.17) is 0 Å². The minimum atomic E-state index is 0.955. The fourth-order valence-electron chi connectivity index (χ4n) is 2.36. The highest BCUT2D eigenvalue weighted by Crippen LogP contribution is 2.36. The van der Waals surface area contributed by atoms with E-state index < -0.39 is 0 Å². The maximum Gasteiger partial charge on any atom is -0.0391 e. The van der Waals surface area contributed by atoms with Crippen LogP contribution in [0, 0.1) is 23.7 Å². The predicted octanol–water partition coefficient (Wildman–Crippen LogP) is 6.40. The Morgan fingerprint density at radius 1 is 0.562 bits per heavy atom. The largest absolute Gasteiger partial charge is 0.0683 e. The van der Waals surface area contributed by atoms with Crippen LogP contribution >= 0.6 is 0 Å². The SMILES string of the molecule is CC.CC.CC.CC1C[C@@H](C)C(C)[C@@H](C)C1. The van der Waals surface area contributed by atoms with Gasteiger partial charge >= 0.3 is 0 Å². The number of hydrogen-bond acceptors (Lipinski definition) is 0. The highest BCUT2D eigenvalue weighted by atomic mass is 14.3. The molecule has 0 N–H and O–H groups in total. The molecule has 0 bridgehead atoms. The third-order valence-electron chi connectivity index (χ3n) is 3.34. The molecule has 0 heteroatoms. The first kappa shape index (κ1) is 21.3. The van der Waals surface area contributed by atoms with Gasteiger partial charge in [0.05, 0.1) is 0 Å². The van der Waals surface area contributed by atoms with E-state index in [1.165, 1.54) is 12.8 Å². The van der Waals surface area contributed by atoms with Crippen LogP contribution in [0.5, 0.6) is 0 Å². The van der Waals surface area contributed by atoms with E-state index in [1.807, 2.05) is 41.5 Å². The normalized spacial score (nSPS) is 31.9. The Morgan fingerprint density at radius 2 is 0.812 bits per heavy atom. The number of rotatable bonds is 0. The van der Waals surface area contributed by atoms with Crippen LogP contribution in [-0.2, 0) is 0 Å². The highest BCUT2D eigenvalue weighted by Gasteiger charge is 2.27. The molecule has 0 radical (unpaired) electrons. The maximum absolute atomic E-state index is 2.40. The molecule has 0 aliphatic heterocycles. The topological polar surface area (TPSA) is 0 Å². The van der Waals surface area contributed by atoms with Crippen LogP contribution in [0.2, 0.25) is 0 Å². The molecule has 0 aromatic rings. The van der Waals surface area contributed by atoms with E-state index in [1.54, 1.807) is 0 Å². The standard InChI is InChI=1S/C10H20.3C2H6/c1-7-5-8(2)10(4)9(3)6-7;3*1-2/h7-10H,5-6H2,1-4H3;3*1-2H3/t7?,8-,9+,10?;;;. The van der Waals surface area contributed by atoms with Crippen molar-refractivity contribution in [1.29, 1.82) is 0 Å². The van der Waals surface area contributed by atoms with E-state index >= 15 is 0 Å². The quantitative estimate of drug-likeness (QED) is 0.451. The lowest BCUT2D eigenvalue weighted by Gasteiger charge is -2.35. The van der Waals surface area contributed by atoms with Gasteiger partial charge in [0, 0.05) is 0 Å². The molecule has 0 nitrogen and oxygen atoms in total. The molecule has 102 valence electrons. The molecule has 1 rings (SSSR count). The maximum atomic E-state index is 2.40. The molecule has 4 atom stereocenters. The average Bonchev–Trinajstić information content (AvgIpc) is 2.33. The van der Waals surface area contributed by atoms with Crippen LogP contribution in [0.15, 0.2) is 0 Å². The summed E-state index contributed by atoms with van der Waals surface area (Å²) in [6.45, 7) is 21.6. The van der Waals surface area contributed by atoms with Crippen LogP contribution in [0.3, 0.4) is 0 Å².